The molecule has 0 radical (unpaired) electrons. The molecule has 8 heteroatoms. The van der Waals surface area contributed by atoms with Crippen LogP contribution in [-0.2, 0) is 7.05 Å². The fourth-order valence-electron chi connectivity index (χ4n) is 3.44. The Morgan fingerprint density at radius 2 is 1.87 bits per heavy atom. The molecule has 5 aromatic rings. The molecule has 0 saturated carbocycles. The van der Waals surface area contributed by atoms with Gasteiger partial charge >= 0.3 is 0 Å². The van der Waals surface area contributed by atoms with Gasteiger partial charge in [0.1, 0.15) is 22.7 Å². The summed E-state index contributed by atoms with van der Waals surface area (Å²) in [6.07, 6.45) is 3.45. The van der Waals surface area contributed by atoms with Gasteiger partial charge < -0.3 is 9.88 Å². The highest BCUT2D eigenvalue weighted by atomic mass is 32.1. The molecule has 0 amide bonds. The largest absolute Gasteiger partial charge is 0.360 e. The van der Waals surface area contributed by atoms with Crippen molar-refractivity contribution in [1.82, 2.24) is 29.7 Å². The molecule has 1 unspecified atom stereocenters. The highest BCUT2D eigenvalue weighted by Crippen LogP contribution is 2.38. The first-order valence-electron chi connectivity index (χ1n) is 9.57. The van der Waals surface area contributed by atoms with Crippen molar-refractivity contribution >= 4 is 27.4 Å². The van der Waals surface area contributed by atoms with Crippen molar-refractivity contribution in [3.05, 3.63) is 72.3 Å². The Morgan fingerprint density at radius 1 is 1.03 bits per heavy atom. The normalized spacial score (nSPS) is 12.2. The second kappa shape index (κ2) is 7.64. The van der Waals surface area contributed by atoms with E-state index in [9.17, 15) is 0 Å². The van der Waals surface area contributed by atoms with Crippen LogP contribution in [0, 0.1) is 0 Å². The first-order chi connectivity index (χ1) is 14.7. The van der Waals surface area contributed by atoms with E-state index in [1.54, 1.807) is 23.9 Å². The van der Waals surface area contributed by atoms with Crippen LogP contribution in [0.3, 0.4) is 0 Å². The monoisotopic (exact) mass is 413 g/mol. The molecular weight excluding hydrogens is 394 g/mol. The molecular formula is C22H19N7S. The molecule has 0 bridgehead atoms. The van der Waals surface area contributed by atoms with E-state index >= 15 is 0 Å². The second-order valence-corrected chi connectivity index (χ2v) is 7.83. The van der Waals surface area contributed by atoms with Gasteiger partial charge in [-0.15, -0.1) is 21.5 Å². The van der Waals surface area contributed by atoms with Crippen molar-refractivity contribution in [2.75, 3.05) is 5.32 Å². The number of fused-ring (bicyclic) bond motifs is 1. The lowest BCUT2D eigenvalue weighted by Gasteiger charge is -2.16. The lowest BCUT2D eigenvalue weighted by Crippen LogP contribution is -2.13. The Labute approximate surface area is 177 Å². The number of pyridine rings is 1. The van der Waals surface area contributed by atoms with Crippen LogP contribution in [0.25, 0.3) is 32.9 Å². The van der Waals surface area contributed by atoms with Crippen molar-refractivity contribution in [3.8, 4) is 22.6 Å². The van der Waals surface area contributed by atoms with Crippen molar-refractivity contribution in [1.29, 1.82) is 0 Å². The summed E-state index contributed by atoms with van der Waals surface area (Å²) in [5.41, 5.74) is 2.98. The molecule has 7 nitrogen and oxygen atoms in total. The predicted octanol–water partition coefficient (Wildman–Crippen LogP) is 4.72. The molecule has 4 aromatic heterocycles. The number of aromatic nitrogens is 6. The van der Waals surface area contributed by atoms with Crippen molar-refractivity contribution in [3.63, 3.8) is 0 Å². The fraction of sp³-hybridized carbons (Fsp3) is 0.136. The third kappa shape index (κ3) is 3.31. The van der Waals surface area contributed by atoms with Crippen molar-refractivity contribution < 1.29 is 0 Å². The molecule has 148 valence electrons. The zero-order valence-electron chi connectivity index (χ0n) is 16.5. The van der Waals surface area contributed by atoms with E-state index in [-0.39, 0.29) is 6.04 Å². The van der Waals surface area contributed by atoms with E-state index in [2.05, 4.69) is 38.0 Å². The van der Waals surface area contributed by atoms with Gasteiger partial charge in [-0.1, -0.05) is 36.4 Å². The van der Waals surface area contributed by atoms with Crippen LogP contribution in [0.2, 0.25) is 0 Å². The van der Waals surface area contributed by atoms with Gasteiger partial charge in [0.05, 0.1) is 11.4 Å². The molecule has 4 heterocycles. The third-order valence-electron chi connectivity index (χ3n) is 4.90. The summed E-state index contributed by atoms with van der Waals surface area (Å²) in [6.45, 7) is 2.05. The molecule has 0 saturated heterocycles. The van der Waals surface area contributed by atoms with E-state index in [4.69, 9.17) is 9.97 Å². The Kier molecular flexibility index (Phi) is 4.68. The molecule has 1 atom stereocenters. The molecule has 1 N–H and O–H groups in total. The zero-order valence-corrected chi connectivity index (χ0v) is 17.3. The summed E-state index contributed by atoms with van der Waals surface area (Å²) < 4.78 is 1.90. The summed E-state index contributed by atoms with van der Waals surface area (Å²) in [5, 5.41) is 14.9. The number of hydrogen-bond donors (Lipinski definition) is 1. The van der Waals surface area contributed by atoms with Crippen LogP contribution in [0.4, 0.5) is 5.82 Å². The number of aryl methyl sites for hydroxylation is 1. The third-order valence-corrected chi connectivity index (χ3v) is 5.77. The van der Waals surface area contributed by atoms with Crippen LogP contribution in [0.15, 0.2) is 66.4 Å². The summed E-state index contributed by atoms with van der Waals surface area (Å²) >= 11 is 1.61. The minimum absolute atomic E-state index is 0.0873. The van der Waals surface area contributed by atoms with Gasteiger partial charge in [-0.05, 0) is 24.6 Å². The summed E-state index contributed by atoms with van der Waals surface area (Å²) in [4.78, 5) is 15.0. The summed E-state index contributed by atoms with van der Waals surface area (Å²) in [5.74, 6) is 2.19. The lowest BCUT2D eigenvalue weighted by atomic mass is 10.1. The van der Waals surface area contributed by atoms with E-state index in [1.165, 1.54) is 0 Å². The van der Waals surface area contributed by atoms with Gasteiger partial charge in [-0.3, -0.25) is 4.98 Å². The van der Waals surface area contributed by atoms with Gasteiger partial charge in [-0.25, -0.2) is 9.97 Å². The molecule has 0 aliphatic heterocycles. The number of hydrogen-bond acceptors (Lipinski definition) is 7. The Balaban J connectivity index is 1.68. The summed E-state index contributed by atoms with van der Waals surface area (Å²) in [7, 11) is 1.93. The first kappa shape index (κ1) is 18.4. The van der Waals surface area contributed by atoms with Crippen LogP contribution in [0.1, 0.15) is 18.8 Å². The lowest BCUT2D eigenvalue weighted by molar-refractivity contribution is 0.717. The van der Waals surface area contributed by atoms with E-state index in [1.807, 2.05) is 54.9 Å². The SMILES string of the molecule is CC(Nc1nc(-c2ccccn2)nc2scc(-c3ccccc3)c12)c1nncn1C. The van der Waals surface area contributed by atoms with E-state index in [0.717, 1.165) is 38.7 Å². The topological polar surface area (TPSA) is 81.4 Å². The van der Waals surface area contributed by atoms with Gasteiger partial charge in [0.2, 0.25) is 0 Å². The van der Waals surface area contributed by atoms with Gasteiger partial charge in [0.25, 0.3) is 0 Å². The number of thiophene rings is 1. The molecule has 0 spiro atoms. The maximum Gasteiger partial charge on any atom is 0.181 e. The van der Waals surface area contributed by atoms with E-state index in [0.29, 0.717) is 5.82 Å². The highest BCUT2D eigenvalue weighted by Gasteiger charge is 2.20. The number of nitrogens with zero attached hydrogens (tertiary/aromatic N) is 6. The number of rotatable bonds is 5. The van der Waals surface area contributed by atoms with Gasteiger partial charge in [0.15, 0.2) is 11.6 Å². The number of nitrogens with one attached hydrogen (secondary N) is 1. The molecule has 0 aliphatic carbocycles. The number of anilines is 1. The maximum atomic E-state index is 4.87. The quantitative estimate of drug-likeness (QED) is 0.449. The molecule has 5 rings (SSSR count). The predicted molar refractivity (Wildman–Crippen MR) is 119 cm³/mol. The molecule has 1 aromatic carbocycles. The fourth-order valence-corrected chi connectivity index (χ4v) is 4.39. The maximum absolute atomic E-state index is 4.87. The molecule has 0 aliphatic rings. The average molecular weight is 414 g/mol. The minimum Gasteiger partial charge on any atom is -0.360 e. The van der Waals surface area contributed by atoms with Crippen molar-refractivity contribution in [2.45, 2.75) is 13.0 Å². The van der Waals surface area contributed by atoms with Crippen LogP contribution in [0.5, 0.6) is 0 Å². The zero-order chi connectivity index (χ0) is 20.5. The average Bonchev–Trinajstić information content (AvgIpc) is 3.41. The van der Waals surface area contributed by atoms with E-state index < -0.39 is 0 Å². The number of benzene rings is 1. The van der Waals surface area contributed by atoms with Gasteiger partial charge in [0, 0.05) is 24.2 Å². The minimum atomic E-state index is -0.0873. The van der Waals surface area contributed by atoms with Crippen LogP contribution >= 0.6 is 11.3 Å². The van der Waals surface area contributed by atoms with Crippen LogP contribution in [-0.4, -0.2) is 29.7 Å². The standard InChI is InChI=1S/C22H19N7S/c1-14(21-28-24-13-29(21)2)25-20-18-16(15-8-4-3-5-9-15)12-30-22(18)27-19(26-20)17-10-6-7-11-23-17/h3-14H,1-2H3,(H,25,26,27). The van der Waals surface area contributed by atoms with Gasteiger partial charge in [-0.2, -0.15) is 0 Å². The molecule has 30 heavy (non-hydrogen) atoms. The van der Waals surface area contributed by atoms with Crippen LogP contribution < -0.4 is 5.32 Å². The highest BCUT2D eigenvalue weighted by molar-refractivity contribution is 7.17. The summed E-state index contributed by atoms with van der Waals surface area (Å²) in [6, 6.07) is 16.0. The smallest absolute Gasteiger partial charge is 0.181 e. The Bertz CT molecular complexity index is 1300. The van der Waals surface area contributed by atoms with Crippen molar-refractivity contribution in [2.24, 2.45) is 7.05 Å². The first-order valence-corrected chi connectivity index (χ1v) is 10.4. The Hall–Kier alpha value is -3.65. The second-order valence-electron chi connectivity index (χ2n) is 6.97. The Morgan fingerprint density at radius 3 is 2.60 bits per heavy atom. The molecule has 0 fully saturated rings.